The van der Waals surface area contributed by atoms with Crippen molar-refractivity contribution in [3.8, 4) is 16.9 Å². The van der Waals surface area contributed by atoms with Crippen LogP contribution in [-0.2, 0) is 0 Å². The monoisotopic (exact) mass is 410 g/mol. The summed E-state index contributed by atoms with van der Waals surface area (Å²) in [5.41, 5.74) is 2.34. The number of rotatable bonds is 7. The molecular formula is C22H26F4OSi. The first-order valence-corrected chi connectivity index (χ1v) is 12.4. The zero-order valence-corrected chi connectivity index (χ0v) is 17.2. The number of hydrogen-bond donors (Lipinski definition) is 0. The van der Waals surface area contributed by atoms with Crippen molar-refractivity contribution in [2.75, 3.05) is 6.61 Å². The van der Waals surface area contributed by atoms with Gasteiger partial charge in [-0.05, 0) is 47.6 Å². The van der Waals surface area contributed by atoms with Crippen LogP contribution in [0.2, 0.25) is 18.1 Å². The van der Waals surface area contributed by atoms with Crippen molar-refractivity contribution in [1.82, 2.24) is 0 Å². The van der Waals surface area contributed by atoms with Gasteiger partial charge in [-0.25, -0.2) is 17.6 Å². The van der Waals surface area contributed by atoms with Crippen LogP contribution in [0.3, 0.4) is 0 Å². The van der Waals surface area contributed by atoms with Gasteiger partial charge in [0.15, 0.2) is 17.4 Å². The molecule has 0 unspecified atom stereocenters. The van der Waals surface area contributed by atoms with E-state index in [1.165, 1.54) is 43.0 Å². The Morgan fingerprint density at radius 3 is 2.14 bits per heavy atom. The van der Waals surface area contributed by atoms with E-state index in [1.54, 1.807) is 0 Å². The standard InChI is InChI=1S/C22H26F4OSi/c1-2-9-28-10-7-17(8-11-28)15-3-5-16(6-4-15)18-12-19(23)22(20(24)13-18)27-14-21(25)26/h3-6,12-13,17,21,28H,2,7-11,14H2,1H3. The molecule has 1 heterocycles. The second-order valence-electron chi connectivity index (χ2n) is 7.60. The van der Waals surface area contributed by atoms with Gasteiger partial charge in [-0.3, -0.25) is 0 Å². The third-order valence-corrected chi connectivity index (χ3v) is 9.30. The predicted octanol–water partition coefficient (Wildman–Crippen LogP) is 6.79. The van der Waals surface area contributed by atoms with Crippen LogP contribution < -0.4 is 4.74 Å². The van der Waals surface area contributed by atoms with Crippen LogP contribution in [0, 0.1) is 11.6 Å². The second-order valence-corrected chi connectivity index (χ2v) is 11.1. The average Bonchev–Trinajstić information content (AvgIpc) is 2.68. The smallest absolute Gasteiger partial charge is 0.272 e. The number of ether oxygens (including phenoxy) is 1. The molecule has 0 aliphatic carbocycles. The molecule has 0 bridgehead atoms. The maximum Gasteiger partial charge on any atom is 0.272 e. The molecule has 1 aliphatic heterocycles. The van der Waals surface area contributed by atoms with Gasteiger partial charge in [0.2, 0.25) is 0 Å². The third kappa shape index (κ3) is 5.16. The molecule has 0 radical (unpaired) electrons. The molecule has 1 aliphatic rings. The molecule has 0 aromatic heterocycles. The Labute approximate surface area is 165 Å². The van der Waals surface area contributed by atoms with Gasteiger partial charge in [0, 0.05) is 8.80 Å². The van der Waals surface area contributed by atoms with E-state index >= 15 is 0 Å². The molecule has 3 rings (SSSR count). The summed E-state index contributed by atoms with van der Waals surface area (Å²) in [5.74, 6) is -2.13. The van der Waals surface area contributed by atoms with Crippen molar-refractivity contribution >= 4 is 8.80 Å². The zero-order valence-electron chi connectivity index (χ0n) is 16.1. The molecule has 0 spiro atoms. The lowest BCUT2D eigenvalue weighted by molar-refractivity contribution is 0.0777. The maximum atomic E-state index is 14.1. The summed E-state index contributed by atoms with van der Waals surface area (Å²) in [6.45, 7) is 1.23. The number of benzene rings is 2. The minimum Gasteiger partial charge on any atom is -0.482 e. The lowest BCUT2D eigenvalue weighted by Gasteiger charge is -2.27. The summed E-state index contributed by atoms with van der Waals surface area (Å²) < 4.78 is 57.2. The van der Waals surface area contributed by atoms with Crippen LogP contribution in [0.15, 0.2) is 36.4 Å². The van der Waals surface area contributed by atoms with Crippen LogP contribution >= 0.6 is 0 Å². The van der Waals surface area contributed by atoms with E-state index in [0.29, 0.717) is 17.0 Å². The number of alkyl halides is 2. The molecule has 152 valence electrons. The highest BCUT2D eigenvalue weighted by Crippen LogP contribution is 2.36. The van der Waals surface area contributed by atoms with Crippen LogP contribution in [-0.4, -0.2) is 21.8 Å². The average molecular weight is 411 g/mol. The lowest BCUT2D eigenvalue weighted by atomic mass is 9.92. The summed E-state index contributed by atoms with van der Waals surface area (Å²) in [4.78, 5) is 0. The molecule has 1 fully saturated rings. The normalized spacial score (nSPS) is 19.8. The van der Waals surface area contributed by atoms with E-state index in [1.807, 2.05) is 24.3 Å². The van der Waals surface area contributed by atoms with E-state index in [2.05, 4.69) is 11.7 Å². The van der Waals surface area contributed by atoms with Gasteiger partial charge in [0.1, 0.15) is 6.61 Å². The van der Waals surface area contributed by atoms with Gasteiger partial charge in [0.05, 0.1) is 0 Å². The molecule has 0 N–H and O–H groups in total. The maximum absolute atomic E-state index is 14.1. The summed E-state index contributed by atoms with van der Waals surface area (Å²) >= 11 is 0. The zero-order chi connectivity index (χ0) is 20.1. The molecule has 0 atom stereocenters. The van der Waals surface area contributed by atoms with Crippen LogP contribution in [0.1, 0.15) is 37.7 Å². The van der Waals surface area contributed by atoms with E-state index < -0.39 is 39.2 Å². The van der Waals surface area contributed by atoms with Gasteiger partial charge in [-0.2, -0.15) is 0 Å². The molecule has 1 saturated heterocycles. The lowest BCUT2D eigenvalue weighted by Crippen LogP contribution is -2.19. The van der Waals surface area contributed by atoms with Crippen molar-refractivity contribution in [2.24, 2.45) is 0 Å². The highest BCUT2D eigenvalue weighted by molar-refractivity contribution is 6.59. The highest BCUT2D eigenvalue weighted by atomic mass is 28.3. The topological polar surface area (TPSA) is 9.23 Å². The molecule has 2 aromatic rings. The van der Waals surface area contributed by atoms with E-state index in [9.17, 15) is 17.6 Å². The fourth-order valence-corrected chi connectivity index (χ4v) is 7.58. The van der Waals surface area contributed by atoms with Gasteiger partial charge in [0.25, 0.3) is 6.43 Å². The Hall–Kier alpha value is -1.82. The predicted molar refractivity (Wildman–Crippen MR) is 107 cm³/mol. The van der Waals surface area contributed by atoms with Crippen molar-refractivity contribution < 1.29 is 22.3 Å². The van der Waals surface area contributed by atoms with E-state index in [-0.39, 0.29) is 0 Å². The summed E-state index contributed by atoms with van der Waals surface area (Å²) in [5, 5.41) is 0. The fraction of sp³-hybridized carbons (Fsp3) is 0.455. The molecule has 6 heteroatoms. The number of halogens is 4. The Balaban J connectivity index is 1.70. The minimum atomic E-state index is -2.79. The Bertz CT molecular complexity index is 748. The van der Waals surface area contributed by atoms with Crippen molar-refractivity contribution in [2.45, 2.75) is 56.7 Å². The Morgan fingerprint density at radius 2 is 1.61 bits per heavy atom. The summed E-state index contributed by atoms with van der Waals surface area (Å²) in [6, 6.07) is 14.3. The van der Waals surface area contributed by atoms with E-state index in [4.69, 9.17) is 0 Å². The van der Waals surface area contributed by atoms with Crippen molar-refractivity contribution in [3.63, 3.8) is 0 Å². The summed E-state index contributed by atoms with van der Waals surface area (Å²) in [6.07, 6.45) is 1.01. The number of hydrogen-bond acceptors (Lipinski definition) is 1. The molecular weight excluding hydrogens is 384 g/mol. The van der Waals surface area contributed by atoms with Gasteiger partial charge in [-0.1, -0.05) is 55.7 Å². The first-order chi connectivity index (χ1) is 13.5. The quantitative estimate of drug-likeness (QED) is 0.361. The Kier molecular flexibility index (Phi) is 7.16. The first-order valence-electron chi connectivity index (χ1n) is 9.98. The highest BCUT2D eigenvalue weighted by Gasteiger charge is 2.23. The van der Waals surface area contributed by atoms with Crippen molar-refractivity contribution in [3.05, 3.63) is 53.6 Å². The SMILES string of the molecule is CCC[SiH]1CCC(c2ccc(-c3cc(F)c(OCC(F)F)c(F)c3)cc2)CC1. The van der Waals surface area contributed by atoms with Crippen LogP contribution in [0.4, 0.5) is 17.6 Å². The minimum absolute atomic E-state index is 0.366. The largest absolute Gasteiger partial charge is 0.482 e. The van der Waals surface area contributed by atoms with Crippen molar-refractivity contribution in [1.29, 1.82) is 0 Å². The van der Waals surface area contributed by atoms with E-state index in [0.717, 1.165) is 12.1 Å². The second kappa shape index (κ2) is 9.59. The van der Waals surface area contributed by atoms with Gasteiger partial charge >= 0.3 is 0 Å². The molecule has 0 saturated carbocycles. The third-order valence-electron chi connectivity index (χ3n) is 5.61. The van der Waals surface area contributed by atoms with Gasteiger partial charge < -0.3 is 4.74 Å². The van der Waals surface area contributed by atoms with Gasteiger partial charge in [-0.15, -0.1) is 0 Å². The van der Waals surface area contributed by atoms with Crippen LogP contribution in [0.25, 0.3) is 11.1 Å². The molecule has 28 heavy (non-hydrogen) atoms. The Morgan fingerprint density at radius 1 is 1.00 bits per heavy atom. The molecule has 0 amide bonds. The molecule has 2 aromatic carbocycles. The van der Waals surface area contributed by atoms with Crippen LogP contribution in [0.5, 0.6) is 5.75 Å². The first kappa shape index (κ1) is 20.9. The molecule has 1 nitrogen and oxygen atoms in total. The fourth-order valence-electron chi connectivity index (χ4n) is 4.15. The summed E-state index contributed by atoms with van der Waals surface area (Å²) in [7, 11) is -0.518.